The van der Waals surface area contributed by atoms with Crippen LogP contribution in [0.1, 0.15) is 13.8 Å². The summed E-state index contributed by atoms with van der Waals surface area (Å²) in [4.78, 5) is 10.9. The fourth-order valence-corrected chi connectivity index (χ4v) is 0.705. The van der Waals surface area contributed by atoms with E-state index in [1.54, 1.807) is 13.8 Å². The lowest BCUT2D eigenvalue weighted by atomic mass is 9.97. The Hall–Kier alpha value is -0.610. The van der Waals surface area contributed by atoms with Crippen molar-refractivity contribution < 1.29 is 9.90 Å². The Morgan fingerprint density at radius 3 is 2.27 bits per heavy atom. The second kappa shape index (κ2) is 4.31. The molecule has 0 saturated carbocycles. The molecule has 0 rings (SSSR count). The molecule has 0 unspecified atom stereocenters. The third kappa shape index (κ3) is 2.86. The van der Waals surface area contributed by atoms with Crippen molar-refractivity contribution in [3.05, 3.63) is 0 Å². The van der Waals surface area contributed by atoms with Crippen LogP contribution in [-0.2, 0) is 4.79 Å². The van der Waals surface area contributed by atoms with Crippen molar-refractivity contribution in [1.82, 2.24) is 5.32 Å². The Morgan fingerprint density at radius 2 is 2.00 bits per heavy atom. The number of rotatable bonds is 3. The first-order valence-electron chi connectivity index (χ1n) is 3.66. The predicted octanol–water partition coefficient (Wildman–Crippen LogP) is -0.923. The van der Waals surface area contributed by atoms with E-state index >= 15 is 0 Å². The Kier molecular flexibility index (Phi) is 4.07. The van der Waals surface area contributed by atoms with Gasteiger partial charge >= 0.3 is 0 Å². The van der Waals surface area contributed by atoms with Crippen molar-refractivity contribution >= 4 is 5.91 Å². The zero-order chi connectivity index (χ0) is 9.02. The summed E-state index contributed by atoms with van der Waals surface area (Å²) < 4.78 is 0. The number of nitrogens with two attached hydrogens (primary N) is 1. The van der Waals surface area contributed by atoms with Crippen LogP contribution < -0.4 is 11.1 Å². The molecule has 0 aromatic rings. The van der Waals surface area contributed by atoms with E-state index in [0.717, 1.165) is 0 Å². The van der Waals surface area contributed by atoms with Gasteiger partial charge in [0.25, 0.3) is 0 Å². The number of aliphatic hydroxyl groups excluding tert-OH is 1. The highest BCUT2D eigenvalue weighted by Crippen LogP contribution is 2.05. The molecule has 0 aliphatic rings. The molecular formula is C7H16N2O2. The molecule has 4 nitrogen and oxygen atoms in total. The molecule has 3 atom stereocenters. The van der Waals surface area contributed by atoms with E-state index in [2.05, 4.69) is 5.32 Å². The molecule has 4 heteroatoms. The van der Waals surface area contributed by atoms with E-state index in [9.17, 15) is 4.79 Å². The van der Waals surface area contributed by atoms with Gasteiger partial charge in [0.05, 0.1) is 12.1 Å². The largest absolute Gasteiger partial charge is 0.393 e. The molecule has 0 aliphatic heterocycles. The third-order valence-corrected chi connectivity index (χ3v) is 1.88. The maximum Gasteiger partial charge on any atom is 0.237 e. The summed E-state index contributed by atoms with van der Waals surface area (Å²) in [7, 11) is 1.52. The summed E-state index contributed by atoms with van der Waals surface area (Å²) in [6, 6.07) is -0.625. The molecule has 0 aromatic carbocycles. The highest BCUT2D eigenvalue weighted by molar-refractivity contribution is 5.81. The summed E-state index contributed by atoms with van der Waals surface area (Å²) in [6.07, 6.45) is -0.553. The van der Waals surface area contributed by atoms with Crippen molar-refractivity contribution in [2.24, 2.45) is 11.7 Å². The molecule has 0 saturated heterocycles. The van der Waals surface area contributed by atoms with Crippen LogP contribution in [0.2, 0.25) is 0 Å². The number of hydrogen-bond donors (Lipinski definition) is 3. The molecule has 0 fully saturated rings. The highest BCUT2D eigenvalue weighted by atomic mass is 16.3. The zero-order valence-electron chi connectivity index (χ0n) is 7.16. The Morgan fingerprint density at radius 1 is 1.55 bits per heavy atom. The smallest absolute Gasteiger partial charge is 0.237 e. The minimum Gasteiger partial charge on any atom is -0.393 e. The molecule has 66 valence electrons. The third-order valence-electron chi connectivity index (χ3n) is 1.88. The second-order valence-corrected chi connectivity index (χ2v) is 2.74. The van der Waals surface area contributed by atoms with Gasteiger partial charge in [-0.05, 0) is 6.92 Å². The number of amides is 1. The van der Waals surface area contributed by atoms with Crippen LogP contribution in [0.25, 0.3) is 0 Å². The lowest BCUT2D eigenvalue weighted by Crippen LogP contribution is -2.46. The van der Waals surface area contributed by atoms with Crippen LogP contribution in [0.5, 0.6) is 0 Å². The summed E-state index contributed by atoms with van der Waals surface area (Å²) in [5, 5.41) is 11.5. The van der Waals surface area contributed by atoms with E-state index in [-0.39, 0.29) is 11.8 Å². The predicted molar refractivity (Wildman–Crippen MR) is 42.9 cm³/mol. The topological polar surface area (TPSA) is 75.4 Å². The normalized spacial score (nSPS) is 18.6. The molecular weight excluding hydrogens is 144 g/mol. The molecule has 0 heterocycles. The Labute approximate surface area is 66.8 Å². The zero-order valence-corrected chi connectivity index (χ0v) is 7.16. The van der Waals surface area contributed by atoms with Crippen LogP contribution in [0, 0.1) is 5.92 Å². The van der Waals surface area contributed by atoms with Crippen LogP contribution >= 0.6 is 0 Å². The average Bonchev–Trinajstić information content (AvgIpc) is 2.00. The van der Waals surface area contributed by atoms with Crippen molar-refractivity contribution in [3.8, 4) is 0 Å². The lowest BCUT2D eigenvalue weighted by molar-refractivity contribution is -0.123. The molecule has 0 aliphatic carbocycles. The van der Waals surface area contributed by atoms with Crippen molar-refractivity contribution in [2.75, 3.05) is 7.05 Å². The summed E-state index contributed by atoms with van der Waals surface area (Å²) >= 11 is 0. The van der Waals surface area contributed by atoms with Gasteiger partial charge in [0.15, 0.2) is 0 Å². The fraction of sp³-hybridized carbons (Fsp3) is 0.857. The van der Waals surface area contributed by atoms with Gasteiger partial charge in [0.2, 0.25) is 5.91 Å². The van der Waals surface area contributed by atoms with Crippen LogP contribution in [0.15, 0.2) is 0 Å². The van der Waals surface area contributed by atoms with E-state index in [1.165, 1.54) is 7.05 Å². The van der Waals surface area contributed by atoms with Gasteiger partial charge in [0.1, 0.15) is 0 Å². The van der Waals surface area contributed by atoms with Crippen molar-refractivity contribution in [3.63, 3.8) is 0 Å². The summed E-state index contributed by atoms with van der Waals surface area (Å²) in [6.45, 7) is 3.36. The molecule has 0 bridgehead atoms. The average molecular weight is 160 g/mol. The Balaban J connectivity index is 4.01. The minimum atomic E-state index is -0.625. The monoisotopic (exact) mass is 160 g/mol. The van der Waals surface area contributed by atoms with Crippen molar-refractivity contribution in [1.29, 1.82) is 0 Å². The van der Waals surface area contributed by atoms with Crippen LogP contribution in [0.3, 0.4) is 0 Å². The van der Waals surface area contributed by atoms with Crippen molar-refractivity contribution in [2.45, 2.75) is 26.0 Å². The maximum atomic E-state index is 10.9. The first-order chi connectivity index (χ1) is 5.00. The number of nitrogens with one attached hydrogen (secondary N) is 1. The number of likely N-dealkylation sites (N-methyl/N-ethyl adjacent to an activating group) is 1. The number of carbonyl (C=O) groups excluding carboxylic acids is 1. The van der Waals surface area contributed by atoms with Gasteiger partial charge < -0.3 is 16.2 Å². The number of hydrogen-bond acceptors (Lipinski definition) is 3. The van der Waals surface area contributed by atoms with Gasteiger partial charge in [-0.15, -0.1) is 0 Å². The van der Waals surface area contributed by atoms with E-state index < -0.39 is 12.1 Å². The molecule has 0 aromatic heterocycles. The first-order valence-corrected chi connectivity index (χ1v) is 3.66. The van der Waals surface area contributed by atoms with Crippen LogP contribution in [0.4, 0.5) is 0 Å². The summed E-state index contributed by atoms with van der Waals surface area (Å²) in [5.74, 6) is -0.451. The molecule has 0 radical (unpaired) electrons. The first kappa shape index (κ1) is 10.4. The Bertz CT molecular complexity index is 136. The quantitative estimate of drug-likeness (QED) is 0.499. The van der Waals surface area contributed by atoms with E-state index in [0.29, 0.717) is 0 Å². The maximum absolute atomic E-state index is 10.9. The van der Waals surface area contributed by atoms with E-state index in [4.69, 9.17) is 10.8 Å². The molecule has 11 heavy (non-hydrogen) atoms. The number of aliphatic hydroxyl groups is 1. The standard InChI is InChI=1S/C7H16N2O2/c1-4(5(2)10)6(8)7(11)9-3/h4-6,10H,8H2,1-3H3,(H,9,11)/t4-,5+,6-/m0/s1. The molecule has 0 spiro atoms. The minimum absolute atomic E-state index is 0.213. The number of carbonyl (C=O) groups is 1. The van der Waals surface area contributed by atoms with Gasteiger partial charge in [-0.25, -0.2) is 0 Å². The SMILES string of the molecule is CNC(=O)[C@@H](N)[C@@H](C)[C@@H](C)O. The second-order valence-electron chi connectivity index (χ2n) is 2.74. The van der Waals surface area contributed by atoms with Crippen LogP contribution in [-0.4, -0.2) is 30.2 Å². The van der Waals surface area contributed by atoms with Gasteiger partial charge in [-0.1, -0.05) is 6.92 Å². The van der Waals surface area contributed by atoms with Gasteiger partial charge in [-0.3, -0.25) is 4.79 Å². The van der Waals surface area contributed by atoms with Gasteiger partial charge in [-0.2, -0.15) is 0 Å². The highest BCUT2D eigenvalue weighted by Gasteiger charge is 2.22. The lowest BCUT2D eigenvalue weighted by Gasteiger charge is -2.20. The fourth-order valence-electron chi connectivity index (χ4n) is 0.705. The molecule has 1 amide bonds. The molecule has 4 N–H and O–H groups in total. The van der Waals surface area contributed by atoms with Gasteiger partial charge in [0, 0.05) is 13.0 Å². The summed E-state index contributed by atoms with van der Waals surface area (Å²) in [5.41, 5.74) is 5.50. The van der Waals surface area contributed by atoms with E-state index in [1.807, 2.05) is 0 Å².